The quantitative estimate of drug-likeness (QED) is 0.757. The molecule has 1 aliphatic rings. The van der Waals surface area contributed by atoms with E-state index in [1.54, 1.807) is 0 Å². The van der Waals surface area contributed by atoms with Gasteiger partial charge in [-0.2, -0.15) is 0 Å². The Labute approximate surface area is 159 Å². The highest BCUT2D eigenvalue weighted by atomic mass is 16.5. The van der Waals surface area contributed by atoms with Crippen molar-refractivity contribution in [2.24, 2.45) is 0 Å². The van der Waals surface area contributed by atoms with Crippen LogP contribution in [0.25, 0.3) is 10.9 Å². The molecule has 3 aromatic rings. The first-order valence-electron chi connectivity index (χ1n) is 9.32. The van der Waals surface area contributed by atoms with E-state index in [0.717, 1.165) is 35.1 Å². The van der Waals surface area contributed by atoms with E-state index in [1.165, 1.54) is 0 Å². The molecule has 1 aromatic heterocycles. The van der Waals surface area contributed by atoms with Crippen LogP contribution in [0.1, 0.15) is 27.5 Å². The van der Waals surface area contributed by atoms with E-state index >= 15 is 0 Å². The summed E-state index contributed by atoms with van der Waals surface area (Å²) in [5.74, 6) is -0.0555. The van der Waals surface area contributed by atoms with Gasteiger partial charge in [0.2, 0.25) is 0 Å². The summed E-state index contributed by atoms with van der Waals surface area (Å²) >= 11 is 0. The van der Waals surface area contributed by atoms with Gasteiger partial charge in [0.25, 0.3) is 5.91 Å². The minimum Gasteiger partial charge on any atom is -0.374 e. The fourth-order valence-electron chi connectivity index (χ4n) is 3.66. The van der Waals surface area contributed by atoms with Gasteiger partial charge in [-0.25, -0.2) is 0 Å². The number of aromatic nitrogens is 1. The summed E-state index contributed by atoms with van der Waals surface area (Å²) in [6.45, 7) is 2.87. The summed E-state index contributed by atoms with van der Waals surface area (Å²) in [6.07, 6.45) is 1.97. The van der Waals surface area contributed by atoms with Gasteiger partial charge in [-0.3, -0.25) is 4.79 Å². The molecule has 1 aliphatic heterocycles. The highest BCUT2D eigenvalue weighted by Crippen LogP contribution is 2.26. The third-order valence-electron chi connectivity index (χ3n) is 5.10. The van der Waals surface area contributed by atoms with E-state index in [9.17, 15) is 4.79 Å². The Morgan fingerprint density at radius 3 is 2.81 bits per heavy atom. The number of amides is 1. The normalized spacial score (nSPS) is 16.5. The van der Waals surface area contributed by atoms with Gasteiger partial charge < -0.3 is 19.5 Å². The molecular formula is C22H25N3O2. The second-order valence-electron chi connectivity index (χ2n) is 7.30. The highest BCUT2D eigenvalue weighted by molar-refractivity contribution is 6.07. The van der Waals surface area contributed by atoms with Crippen LogP contribution in [0.15, 0.2) is 54.7 Å². The number of likely N-dealkylation sites (N-methyl/N-ethyl adjacent to an activating group) is 1. The Morgan fingerprint density at radius 1 is 1.19 bits per heavy atom. The molecule has 5 nitrogen and oxygen atoms in total. The second kappa shape index (κ2) is 7.55. The minimum absolute atomic E-state index is 0.0555. The SMILES string of the molecule is CN(C)CCn1cc(C(=O)NC2COCc3ccccc32)c2ccccc21. The molecule has 0 spiro atoms. The van der Waals surface area contributed by atoms with Gasteiger partial charge in [0.05, 0.1) is 24.8 Å². The number of hydrogen-bond acceptors (Lipinski definition) is 3. The molecule has 2 aromatic carbocycles. The zero-order valence-electron chi connectivity index (χ0n) is 15.8. The summed E-state index contributed by atoms with van der Waals surface area (Å²) in [5, 5.41) is 4.16. The van der Waals surface area contributed by atoms with Crippen LogP contribution in [-0.4, -0.2) is 42.6 Å². The number of nitrogens with zero attached hydrogens (tertiary/aromatic N) is 2. The van der Waals surface area contributed by atoms with Crippen LogP contribution in [0.2, 0.25) is 0 Å². The zero-order valence-corrected chi connectivity index (χ0v) is 15.8. The van der Waals surface area contributed by atoms with Gasteiger partial charge in [-0.15, -0.1) is 0 Å². The topological polar surface area (TPSA) is 46.5 Å². The highest BCUT2D eigenvalue weighted by Gasteiger charge is 2.24. The molecule has 0 bridgehead atoms. The molecule has 1 unspecified atom stereocenters. The van der Waals surface area contributed by atoms with Crippen molar-refractivity contribution in [2.75, 3.05) is 27.2 Å². The first-order chi connectivity index (χ1) is 13.1. The third kappa shape index (κ3) is 3.61. The molecule has 0 aliphatic carbocycles. The van der Waals surface area contributed by atoms with E-state index in [-0.39, 0.29) is 11.9 Å². The Kier molecular flexibility index (Phi) is 4.97. The Hall–Kier alpha value is -2.63. The van der Waals surface area contributed by atoms with Gasteiger partial charge in [-0.05, 0) is 31.3 Å². The number of hydrogen-bond donors (Lipinski definition) is 1. The summed E-state index contributed by atoms with van der Waals surface area (Å²) < 4.78 is 7.84. The van der Waals surface area contributed by atoms with Crippen LogP contribution in [0, 0.1) is 0 Å². The molecule has 140 valence electrons. The fourth-order valence-corrected chi connectivity index (χ4v) is 3.66. The Bertz CT molecular complexity index is 961. The van der Waals surface area contributed by atoms with Gasteiger partial charge in [0.15, 0.2) is 0 Å². The molecule has 2 heterocycles. The average molecular weight is 363 g/mol. The third-order valence-corrected chi connectivity index (χ3v) is 5.10. The van der Waals surface area contributed by atoms with Crippen molar-refractivity contribution in [1.29, 1.82) is 0 Å². The largest absolute Gasteiger partial charge is 0.374 e. The van der Waals surface area contributed by atoms with Crippen molar-refractivity contribution in [3.8, 4) is 0 Å². The van der Waals surface area contributed by atoms with Crippen molar-refractivity contribution < 1.29 is 9.53 Å². The smallest absolute Gasteiger partial charge is 0.254 e. The van der Waals surface area contributed by atoms with Crippen LogP contribution < -0.4 is 5.32 Å². The molecule has 0 radical (unpaired) electrons. The summed E-state index contributed by atoms with van der Waals surface area (Å²) in [4.78, 5) is 15.2. The van der Waals surface area contributed by atoms with Crippen LogP contribution in [0.3, 0.4) is 0 Å². The number of carbonyl (C=O) groups is 1. The van der Waals surface area contributed by atoms with E-state index in [0.29, 0.717) is 18.8 Å². The van der Waals surface area contributed by atoms with Crippen LogP contribution in [0.4, 0.5) is 0 Å². The summed E-state index contributed by atoms with van der Waals surface area (Å²) in [5.41, 5.74) is 4.09. The monoisotopic (exact) mass is 363 g/mol. The fraction of sp³-hybridized carbons (Fsp3) is 0.318. The van der Waals surface area contributed by atoms with Gasteiger partial charge >= 0.3 is 0 Å². The summed E-state index contributed by atoms with van der Waals surface area (Å²) in [6, 6.07) is 16.1. The molecule has 4 rings (SSSR count). The number of benzene rings is 2. The molecular weight excluding hydrogens is 338 g/mol. The van der Waals surface area contributed by atoms with Crippen LogP contribution >= 0.6 is 0 Å². The molecule has 1 N–H and O–H groups in total. The number of nitrogens with one attached hydrogen (secondary N) is 1. The lowest BCUT2D eigenvalue weighted by Gasteiger charge is -2.26. The molecule has 1 atom stereocenters. The molecule has 0 fully saturated rings. The number of carbonyl (C=O) groups excluding carboxylic acids is 1. The number of rotatable bonds is 5. The summed E-state index contributed by atoms with van der Waals surface area (Å²) in [7, 11) is 4.11. The van der Waals surface area contributed by atoms with Crippen molar-refractivity contribution in [3.05, 3.63) is 71.4 Å². The van der Waals surface area contributed by atoms with E-state index in [1.807, 2.05) is 36.5 Å². The van der Waals surface area contributed by atoms with Gasteiger partial charge in [0, 0.05) is 30.2 Å². The lowest BCUT2D eigenvalue weighted by atomic mass is 9.99. The van der Waals surface area contributed by atoms with Gasteiger partial charge in [-0.1, -0.05) is 42.5 Å². The standard InChI is InChI=1S/C22H25N3O2/c1-24(2)11-12-25-13-19(18-9-5-6-10-21(18)25)22(26)23-20-15-27-14-16-7-3-4-8-17(16)20/h3-10,13,20H,11-12,14-15H2,1-2H3,(H,23,26). The first-order valence-corrected chi connectivity index (χ1v) is 9.32. The van der Waals surface area contributed by atoms with Gasteiger partial charge in [0.1, 0.15) is 0 Å². The number of para-hydroxylation sites is 1. The number of ether oxygens (including phenoxy) is 1. The predicted molar refractivity (Wildman–Crippen MR) is 107 cm³/mol. The van der Waals surface area contributed by atoms with E-state index in [4.69, 9.17) is 4.74 Å². The minimum atomic E-state index is -0.119. The first kappa shape index (κ1) is 17.8. The molecule has 27 heavy (non-hydrogen) atoms. The molecule has 0 saturated heterocycles. The lowest BCUT2D eigenvalue weighted by Crippen LogP contribution is -2.34. The van der Waals surface area contributed by atoms with Crippen molar-refractivity contribution in [2.45, 2.75) is 19.2 Å². The van der Waals surface area contributed by atoms with Crippen molar-refractivity contribution in [1.82, 2.24) is 14.8 Å². The Morgan fingerprint density at radius 2 is 1.96 bits per heavy atom. The molecule has 0 saturated carbocycles. The maximum atomic E-state index is 13.1. The number of fused-ring (bicyclic) bond motifs is 2. The van der Waals surface area contributed by atoms with Crippen LogP contribution in [-0.2, 0) is 17.9 Å². The van der Waals surface area contributed by atoms with E-state index in [2.05, 4.69) is 47.1 Å². The van der Waals surface area contributed by atoms with Crippen molar-refractivity contribution in [3.63, 3.8) is 0 Å². The van der Waals surface area contributed by atoms with E-state index < -0.39 is 0 Å². The Balaban J connectivity index is 1.62. The molecule has 5 heteroatoms. The average Bonchev–Trinajstić information content (AvgIpc) is 3.06. The predicted octanol–water partition coefficient (Wildman–Crippen LogP) is 3.20. The maximum absolute atomic E-state index is 13.1. The van der Waals surface area contributed by atoms with Crippen molar-refractivity contribution >= 4 is 16.8 Å². The zero-order chi connectivity index (χ0) is 18.8. The second-order valence-corrected chi connectivity index (χ2v) is 7.30. The maximum Gasteiger partial charge on any atom is 0.254 e. The van der Waals surface area contributed by atoms with Crippen LogP contribution in [0.5, 0.6) is 0 Å². The molecule has 1 amide bonds. The lowest BCUT2D eigenvalue weighted by molar-refractivity contribution is 0.0709.